The van der Waals surface area contributed by atoms with Crippen molar-refractivity contribution < 1.29 is 26.3 Å². The van der Waals surface area contributed by atoms with Gasteiger partial charge in [-0.05, 0) is 36.5 Å². The Bertz CT molecular complexity index is 725. The maximum absolute atomic E-state index is 13.9. The van der Waals surface area contributed by atoms with E-state index in [4.69, 9.17) is 7.85 Å². The summed E-state index contributed by atoms with van der Waals surface area (Å²) in [5, 5.41) is 0. The van der Waals surface area contributed by atoms with Crippen LogP contribution in [0.3, 0.4) is 0 Å². The van der Waals surface area contributed by atoms with Crippen LogP contribution < -0.4 is 5.46 Å². The molecule has 108 valence electrons. The lowest BCUT2D eigenvalue weighted by atomic mass is 9.88. The Morgan fingerprint density at radius 1 is 0.714 bits per heavy atom. The maximum atomic E-state index is 13.9. The number of rotatable bonds is 1. The molecule has 2 rings (SSSR count). The van der Waals surface area contributed by atoms with Gasteiger partial charge in [0.1, 0.15) is 19.5 Å². The van der Waals surface area contributed by atoms with Gasteiger partial charge in [0.2, 0.25) is 0 Å². The first-order valence-corrected chi connectivity index (χ1v) is 5.75. The summed E-state index contributed by atoms with van der Waals surface area (Å²) in [4.78, 5) is 0. The molecule has 0 aliphatic rings. The van der Waals surface area contributed by atoms with Crippen molar-refractivity contribution in [1.82, 2.24) is 0 Å². The average molecular weight is 300 g/mol. The largest absolute Gasteiger partial charge is 0.208 e. The number of benzene rings is 2. The Balaban J connectivity index is 2.93. The molecule has 0 saturated heterocycles. The molecule has 0 aliphatic carbocycles. The molecule has 0 fully saturated rings. The Kier molecular flexibility index (Phi) is 3.78. The van der Waals surface area contributed by atoms with E-state index in [1.807, 2.05) is 0 Å². The Morgan fingerprint density at radius 3 is 1.67 bits per heavy atom. The second-order valence-electron chi connectivity index (χ2n) is 4.51. The second-order valence-corrected chi connectivity index (χ2v) is 4.51. The lowest BCUT2D eigenvalue weighted by Crippen LogP contribution is -2.17. The molecule has 2 aromatic carbocycles. The van der Waals surface area contributed by atoms with Crippen LogP contribution >= 0.6 is 0 Å². The van der Waals surface area contributed by atoms with Gasteiger partial charge in [-0.3, -0.25) is 0 Å². The molecule has 0 N–H and O–H groups in total. The third kappa shape index (κ3) is 2.20. The van der Waals surface area contributed by atoms with Gasteiger partial charge in [0.05, 0.1) is 5.56 Å². The molecule has 0 bridgehead atoms. The standard InChI is InChI=1S/C14H7BF6/c1-4-6(3-7(16)9(15)10(4)17)8-13(20)11(18)5(2)12(19)14(8)21/h3H,1-2H3. The number of hydrogen-bond acceptors (Lipinski definition) is 0. The van der Waals surface area contributed by atoms with Crippen molar-refractivity contribution in [3.63, 3.8) is 0 Å². The fourth-order valence-electron chi connectivity index (χ4n) is 1.98. The molecule has 0 heterocycles. The molecular weight excluding hydrogens is 293 g/mol. The molecule has 21 heavy (non-hydrogen) atoms. The average Bonchev–Trinajstić information content (AvgIpc) is 2.46. The van der Waals surface area contributed by atoms with Gasteiger partial charge in [0.25, 0.3) is 0 Å². The highest BCUT2D eigenvalue weighted by Crippen LogP contribution is 2.34. The highest BCUT2D eigenvalue weighted by Gasteiger charge is 2.26. The van der Waals surface area contributed by atoms with Crippen molar-refractivity contribution in [1.29, 1.82) is 0 Å². The lowest BCUT2D eigenvalue weighted by Gasteiger charge is -2.14. The smallest absolute Gasteiger partial charge is 0.170 e. The van der Waals surface area contributed by atoms with Gasteiger partial charge in [-0.1, -0.05) is 0 Å². The number of halogens is 6. The van der Waals surface area contributed by atoms with Crippen LogP contribution in [0.15, 0.2) is 6.07 Å². The minimum atomic E-state index is -1.72. The Hall–Kier alpha value is -1.92. The first-order chi connectivity index (χ1) is 9.68. The predicted octanol–water partition coefficient (Wildman–Crippen LogP) is 3.60. The van der Waals surface area contributed by atoms with Crippen molar-refractivity contribution in [3.05, 3.63) is 52.1 Å². The fourth-order valence-corrected chi connectivity index (χ4v) is 1.98. The normalized spacial score (nSPS) is 11.0. The zero-order valence-electron chi connectivity index (χ0n) is 10.9. The van der Waals surface area contributed by atoms with Crippen LogP contribution in [0, 0.1) is 48.8 Å². The molecule has 0 aromatic heterocycles. The van der Waals surface area contributed by atoms with Gasteiger partial charge in [0.15, 0.2) is 23.3 Å². The molecule has 0 saturated carbocycles. The summed E-state index contributed by atoms with van der Waals surface area (Å²) >= 11 is 0. The quantitative estimate of drug-likeness (QED) is 0.429. The minimum absolute atomic E-state index is 0.422. The van der Waals surface area contributed by atoms with Crippen LogP contribution in [0.25, 0.3) is 11.1 Å². The van der Waals surface area contributed by atoms with Crippen LogP contribution in [0.1, 0.15) is 11.1 Å². The third-order valence-electron chi connectivity index (χ3n) is 3.25. The Morgan fingerprint density at radius 2 is 1.19 bits per heavy atom. The number of hydrogen-bond donors (Lipinski definition) is 0. The molecular formula is C14H7BF6. The first-order valence-electron chi connectivity index (χ1n) is 5.75. The molecule has 0 unspecified atom stereocenters. The van der Waals surface area contributed by atoms with E-state index in [1.165, 1.54) is 0 Å². The molecule has 0 nitrogen and oxygen atoms in total. The van der Waals surface area contributed by atoms with E-state index in [9.17, 15) is 26.3 Å². The highest BCUT2D eigenvalue weighted by molar-refractivity contribution is 6.32. The van der Waals surface area contributed by atoms with Gasteiger partial charge >= 0.3 is 0 Å². The topological polar surface area (TPSA) is 0 Å². The van der Waals surface area contributed by atoms with Gasteiger partial charge in [-0.2, -0.15) is 0 Å². The van der Waals surface area contributed by atoms with E-state index >= 15 is 0 Å². The Labute approximate surface area is 117 Å². The molecule has 0 spiro atoms. The minimum Gasteiger partial charge on any atom is -0.208 e. The van der Waals surface area contributed by atoms with Crippen molar-refractivity contribution in [2.24, 2.45) is 0 Å². The fraction of sp³-hybridized carbons (Fsp3) is 0.143. The predicted molar refractivity (Wildman–Crippen MR) is 66.5 cm³/mol. The van der Waals surface area contributed by atoms with Gasteiger partial charge in [0, 0.05) is 5.56 Å². The summed E-state index contributed by atoms with van der Waals surface area (Å²) in [6, 6.07) is 0.531. The van der Waals surface area contributed by atoms with E-state index in [2.05, 4.69) is 0 Å². The molecule has 7 heteroatoms. The molecule has 2 radical (unpaired) electrons. The van der Waals surface area contributed by atoms with Crippen molar-refractivity contribution in [3.8, 4) is 11.1 Å². The highest BCUT2D eigenvalue weighted by atomic mass is 19.2. The summed E-state index contributed by atoms with van der Waals surface area (Å²) < 4.78 is 82.0. The van der Waals surface area contributed by atoms with E-state index < -0.39 is 62.6 Å². The molecule has 2 aromatic rings. The monoisotopic (exact) mass is 300 g/mol. The van der Waals surface area contributed by atoms with Gasteiger partial charge in [-0.25, -0.2) is 26.3 Å². The van der Waals surface area contributed by atoms with Crippen molar-refractivity contribution in [2.45, 2.75) is 13.8 Å². The summed E-state index contributed by atoms with van der Waals surface area (Å²) in [5.41, 5.74) is -3.94. The van der Waals surface area contributed by atoms with Gasteiger partial charge < -0.3 is 0 Å². The maximum Gasteiger partial charge on any atom is 0.170 e. The van der Waals surface area contributed by atoms with E-state index in [0.717, 1.165) is 13.8 Å². The first kappa shape index (κ1) is 15.5. The summed E-state index contributed by atoms with van der Waals surface area (Å²) in [6.45, 7) is 1.91. The summed E-state index contributed by atoms with van der Waals surface area (Å²) in [5.74, 6) is -9.23. The lowest BCUT2D eigenvalue weighted by molar-refractivity contribution is 0.449. The van der Waals surface area contributed by atoms with Crippen molar-refractivity contribution >= 4 is 13.3 Å². The van der Waals surface area contributed by atoms with E-state index in [1.54, 1.807) is 0 Å². The van der Waals surface area contributed by atoms with E-state index in [-0.39, 0.29) is 0 Å². The summed E-state index contributed by atoms with van der Waals surface area (Å²) in [6.07, 6.45) is 0. The SMILES string of the molecule is [B]c1c(F)cc(-c2c(F)c(F)c(C)c(F)c2F)c(C)c1F. The second kappa shape index (κ2) is 5.13. The zero-order chi connectivity index (χ0) is 16.1. The third-order valence-corrected chi connectivity index (χ3v) is 3.25. The van der Waals surface area contributed by atoms with Crippen LogP contribution in [0.5, 0.6) is 0 Å². The van der Waals surface area contributed by atoms with Crippen LogP contribution in [0.2, 0.25) is 0 Å². The van der Waals surface area contributed by atoms with Gasteiger partial charge in [-0.15, -0.1) is 0 Å². The van der Waals surface area contributed by atoms with Crippen LogP contribution in [0.4, 0.5) is 26.3 Å². The molecule has 0 aliphatic heterocycles. The van der Waals surface area contributed by atoms with Crippen molar-refractivity contribution in [2.75, 3.05) is 0 Å². The van der Waals surface area contributed by atoms with Crippen LogP contribution in [-0.2, 0) is 0 Å². The van der Waals surface area contributed by atoms with E-state index in [0.29, 0.717) is 6.07 Å². The summed E-state index contributed by atoms with van der Waals surface area (Å²) in [7, 11) is 5.10. The molecule has 0 amide bonds. The molecule has 0 atom stereocenters. The zero-order valence-corrected chi connectivity index (χ0v) is 10.9. The van der Waals surface area contributed by atoms with Crippen LogP contribution in [-0.4, -0.2) is 7.85 Å².